The maximum atomic E-state index is 12.1. The number of hydrazone groups is 1. The molecule has 3 aromatic rings. The molecule has 2 amide bonds. The Kier molecular flexibility index (Phi) is 7.05. The fourth-order valence-corrected chi connectivity index (χ4v) is 2.45. The zero-order chi connectivity index (χ0) is 22.2. The number of hydrogen-bond donors (Lipinski definition) is 1. The van der Waals surface area contributed by atoms with Gasteiger partial charge in [0.15, 0.2) is 6.61 Å². The van der Waals surface area contributed by atoms with Crippen molar-refractivity contribution in [1.29, 1.82) is 0 Å². The normalized spacial score (nSPS) is 11.1. The average Bonchev–Trinajstić information content (AvgIpc) is 3.25. The Labute approximate surface area is 179 Å². The van der Waals surface area contributed by atoms with Crippen LogP contribution >= 0.6 is 0 Å². The molecule has 10 nitrogen and oxygen atoms in total. The summed E-state index contributed by atoms with van der Waals surface area (Å²) in [5, 5.41) is 16.2. The zero-order valence-corrected chi connectivity index (χ0v) is 17.5. The summed E-state index contributed by atoms with van der Waals surface area (Å²) in [4.78, 5) is 26.4. The summed E-state index contributed by atoms with van der Waals surface area (Å²) < 4.78 is 5.44. The van der Waals surface area contributed by atoms with Crippen LogP contribution in [-0.4, -0.2) is 63.3 Å². The van der Waals surface area contributed by atoms with Crippen molar-refractivity contribution < 1.29 is 14.3 Å². The fourth-order valence-electron chi connectivity index (χ4n) is 2.45. The minimum Gasteiger partial charge on any atom is -0.484 e. The number of carbonyl (C=O) groups is 2. The molecule has 3 rings (SSSR count). The molecule has 10 heteroatoms. The average molecular weight is 421 g/mol. The lowest BCUT2D eigenvalue weighted by molar-refractivity contribution is -0.130. The number of amides is 2. The number of nitrogens with one attached hydrogen (secondary N) is 1. The molecule has 0 saturated carbocycles. The van der Waals surface area contributed by atoms with Gasteiger partial charge in [0.25, 0.3) is 11.8 Å². The molecular formula is C21H23N7O3. The van der Waals surface area contributed by atoms with Crippen LogP contribution in [0.5, 0.6) is 5.75 Å². The van der Waals surface area contributed by atoms with Gasteiger partial charge in [0.2, 0.25) is 5.82 Å². The van der Waals surface area contributed by atoms with E-state index in [4.69, 9.17) is 4.74 Å². The van der Waals surface area contributed by atoms with Gasteiger partial charge in [0.05, 0.1) is 5.71 Å². The molecule has 0 fully saturated rings. The topological polar surface area (TPSA) is 115 Å². The lowest BCUT2D eigenvalue weighted by Crippen LogP contribution is -2.27. The van der Waals surface area contributed by atoms with E-state index in [0.29, 0.717) is 17.3 Å². The van der Waals surface area contributed by atoms with Crippen LogP contribution in [0.2, 0.25) is 0 Å². The first kappa shape index (κ1) is 21.6. The van der Waals surface area contributed by atoms with Gasteiger partial charge >= 0.3 is 0 Å². The number of ether oxygens (including phenoxy) is 1. The maximum absolute atomic E-state index is 12.1. The van der Waals surface area contributed by atoms with Gasteiger partial charge < -0.3 is 9.64 Å². The largest absolute Gasteiger partial charge is 0.484 e. The monoisotopic (exact) mass is 421 g/mol. The third-order valence-electron chi connectivity index (χ3n) is 4.25. The molecule has 0 bridgehead atoms. The number of tetrazole rings is 1. The predicted molar refractivity (Wildman–Crippen MR) is 114 cm³/mol. The molecule has 1 aromatic heterocycles. The van der Waals surface area contributed by atoms with E-state index < -0.39 is 0 Å². The summed E-state index contributed by atoms with van der Waals surface area (Å²) in [6.45, 7) is 1.63. The zero-order valence-electron chi connectivity index (χ0n) is 17.5. The maximum Gasteiger partial charge on any atom is 0.263 e. The van der Waals surface area contributed by atoms with Crippen molar-refractivity contribution in [3.63, 3.8) is 0 Å². The summed E-state index contributed by atoms with van der Waals surface area (Å²) in [5.74, 6) is 0.519. The molecule has 0 radical (unpaired) electrons. The Morgan fingerprint density at radius 2 is 1.81 bits per heavy atom. The van der Waals surface area contributed by atoms with Crippen molar-refractivity contribution >= 4 is 17.5 Å². The summed E-state index contributed by atoms with van der Waals surface area (Å²) >= 11 is 0. The van der Waals surface area contributed by atoms with Gasteiger partial charge in [-0.1, -0.05) is 30.3 Å². The Hall–Kier alpha value is -4.08. The minimum atomic E-state index is -0.376. The van der Waals surface area contributed by atoms with Crippen molar-refractivity contribution in [2.24, 2.45) is 5.10 Å². The molecule has 31 heavy (non-hydrogen) atoms. The van der Waals surface area contributed by atoms with E-state index in [1.807, 2.05) is 30.3 Å². The summed E-state index contributed by atoms with van der Waals surface area (Å²) in [5.41, 5.74) is 4.72. The van der Waals surface area contributed by atoms with Gasteiger partial charge in [-0.25, -0.2) is 5.43 Å². The third-order valence-corrected chi connectivity index (χ3v) is 4.25. The molecule has 2 aromatic carbocycles. The minimum absolute atomic E-state index is 0.0300. The van der Waals surface area contributed by atoms with Crippen LogP contribution in [-0.2, 0) is 16.1 Å². The first-order valence-electron chi connectivity index (χ1n) is 9.52. The smallest absolute Gasteiger partial charge is 0.263 e. The number of benzene rings is 2. The second-order valence-electron chi connectivity index (χ2n) is 6.84. The van der Waals surface area contributed by atoms with Crippen molar-refractivity contribution in [3.8, 4) is 17.1 Å². The summed E-state index contributed by atoms with van der Waals surface area (Å²) in [6, 6.07) is 16.5. The molecule has 0 spiro atoms. The van der Waals surface area contributed by atoms with Gasteiger partial charge in [0.1, 0.15) is 12.3 Å². The van der Waals surface area contributed by atoms with Crippen LogP contribution in [0.15, 0.2) is 59.7 Å². The van der Waals surface area contributed by atoms with Gasteiger partial charge in [-0.3, -0.25) is 9.59 Å². The molecular weight excluding hydrogens is 398 g/mol. The highest BCUT2D eigenvalue weighted by atomic mass is 16.5. The van der Waals surface area contributed by atoms with Crippen molar-refractivity contribution in [3.05, 3.63) is 60.2 Å². The molecule has 1 heterocycles. The molecule has 1 N–H and O–H groups in total. The van der Waals surface area contributed by atoms with Crippen LogP contribution in [0.3, 0.4) is 0 Å². The summed E-state index contributed by atoms with van der Waals surface area (Å²) in [7, 11) is 3.34. The number of carbonyl (C=O) groups excluding carboxylic acids is 2. The quantitative estimate of drug-likeness (QED) is 0.434. The van der Waals surface area contributed by atoms with Gasteiger partial charge in [-0.15, -0.1) is 10.2 Å². The Bertz CT molecular complexity index is 1060. The Balaban J connectivity index is 1.52. The van der Waals surface area contributed by atoms with Crippen LogP contribution in [0.1, 0.15) is 12.5 Å². The van der Waals surface area contributed by atoms with E-state index in [0.717, 1.165) is 11.1 Å². The molecule has 0 atom stereocenters. The van der Waals surface area contributed by atoms with Gasteiger partial charge in [0, 0.05) is 19.7 Å². The van der Waals surface area contributed by atoms with Crippen LogP contribution in [0.25, 0.3) is 11.4 Å². The Morgan fingerprint density at radius 3 is 2.48 bits per heavy atom. The van der Waals surface area contributed by atoms with Crippen LogP contribution in [0, 0.1) is 0 Å². The molecule has 160 valence electrons. The van der Waals surface area contributed by atoms with Gasteiger partial charge in [-0.05, 0) is 42.0 Å². The molecule has 0 aliphatic rings. The first-order chi connectivity index (χ1) is 14.9. The second kappa shape index (κ2) is 10.1. The SMILES string of the molecule is C/C(=N/NC(=O)Cn1nnc(-c2ccccc2)n1)c1ccc(OCC(=O)N(C)C)cc1. The number of likely N-dealkylation sites (N-methyl/N-ethyl adjacent to an activating group) is 1. The number of aromatic nitrogens is 4. The molecule has 0 aliphatic carbocycles. The molecule has 0 saturated heterocycles. The lowest BCUT2D eigenvalue weighted by Gasteiger charge is -2.11. The van der Waals surface area contributed by atoms with E-state index in [9.17, 15) is 9.59 Å². The van der Waals surface area contributed by atoms with E-state index in [-0.39, 0.29) is 25.0 Å². The Morgan fingerprint density at radius 1 is 1.10 bits per heavy atom. The first-order valence-corrected chi connectivity index (χ1v) is 9.52. The highest BCUT2D eigenvalue weighted by molar-refractivity contribution is 5.99. The summed E-state index contributed by atoms with van der Waals surface area (Å²) in [6.07, 6.45) is 0. The number of nitrogens with zero attached hydrogens (tertiary/aromatic N) is 6. The van der Waals surface area contributed by atoms with Crippen LogP contribution in [0.4, 0.5) is 0 Å². The fraction of sp³-hybridized carbons (Fsp3) is 0.238. The van der Waals surface area contributed by atoms with E-state index in [1.54, 1.807) is 45.3 Å². The lowest BCUT2D eigenvalue weighted by atomic mass is 10.1. The van der Waals surface area contributed by atoms with Crippen molar-refractivity contribution in [2.45, 2.75) is 13.5 Å². The second-order valence-corrected chi connectivity index (χ2v) is 6.84. The van der Waals surface area contributed by atoms with Crippen molar-refractivity contribution in [2.75, 3.05) is 20.7 Å². The third kappa shape index (κ3) is 6.20. The van der Waals surface area contributed by atoms with E-state index in [2.05, 4.69) is 25.9 Å². The highest BCUT2D eigenvalue weighted by Crippen LogP contribution is 2.13. The molecule has 0 unspecified atom stereocenters. The molecule has 0 aliphatic heterocycles. The van der Waals surface area contributed by atoms with E-state index >= 15 is 0 Å². The van der Waals surface area contributed by atoms with Gasteiger partial charge in [-0.2, -0.15) is 9.90 Å². The van der Waals surface area contributed by atoms with Crippen LogP contribution < -0.4 is 10.2 Å². The van der Waals surface area contributed by atoms with Crippen molar-refractivity contribution in [1.82, 2.24) is 30.5 Å². The van der Waals surface area contributed by atoms with E-state index in [1.165, 1.54) is 9.70 Å². The number of rotatable bonds is 8. The number of hydrogen-bond acceptors (Lipinski definition) is 7. The highest BCUT2D eigenvalue weighted by Gasteiger charge is 2.09. The predicted octanol–water partition coefficient (Wildman–Crippen LogP) is 1.35. The standard InChI is InChI=1S/C21H23N7O3/c1-15(16-9-11-18(12-10-16)31-14-20(30)27(2)3)22-23-19(29)13-28-25-21(24-26-28)17-7-5-4-6-8-17/h4-12H,13-14H2,1-3H3,(H,23,29)/b22-15-.